The second-order valence-electron chi connectivity index (χ2n) is 6.17. The highest BCUT2D eigenvalue weighted by atomic mass is 79.9. The molecule has 0 spiro atoms. The number of hydrogen-bond donors (Lipinski definition) is 1. The molecule has 124 valence electrons. The van der Waals surface area contributed by atoms with Gasteiger partial charge in [-0.25, -0.2) is 4.98 Å². The molecule has 0 amide bonds. The van der Waals surface area contributed by atoms with Crippen LogP contribution in [0.1, 0.15) is 11.1 Å². The highest BCUT2D eigenvalue weighted by Crippen LogP contribution is 2.29. The third kappa shape index (κ3) is 2.94. The van der Waals surface area contributed by atoms with Gasteiger partial charge in [0.1, 0.15) is 5.65 Å². The van der Waals surface area contributed by atoms with E-state index in [9.17, 15) is 0 Å². The number of aryl methyl sites for hydroxylation is 2. The number of nitrogens with one attached hydrogen (secondary N) is 1. The van der Waals surface area contributed by atoms with E-state index in [0.29, 0.717) is 4.77 Å². The lowest BCUT2D eigenvalue weighted by atomic mass is 10.0. The van der Waals surface area contributed by atoms with Gasteiger partial charge >= 0.3 is 0 Å². The number of aromatic nitrogens is 3. The van der Waals surface area contributed by atoms with E-state index in [2.05, 4.69) is 70.1 Å². The van der Waals surface area contributed by atoms with E-state index in [1.807, 2.05) is 28.9 Å². The van der Waals surface area contributed by atoms with E-state index >= 15 is 0 Å². The van der Waals surface area contributed by atoms with Crippen LogP contribution in [-0.2, 0) is 0 Å². The molecule has 0 aliphatic rings. The van der Waals surface area contributed by atoms with Crippen molar-refractivity contribution in [1.82, 2.24) is 14.4 Å². The second-order valence-corrected chi connectivity index (χ2v) is 7.45. The van der Waals surface area contributed by atoms with Gasteiger partial charge in [-0.15, -0.1) is 0 Å². The number of aromatic amines is 1. The summed E-state index contributed by atoms with van der Waals surface area (Å²) in [6.07, 6.45) is 3.87. The van der Waals surface area contributed by atoms with Gasteiger partial charge in [0.05, 0.1) is 5.69 Å². The molecule has 3 nitrogen and oxygen atoms in total. The summed E-state index contributed by atoms with van der Waals surface area (Å²) in [6.45, 7) is 4.23. The van der Waals surface area contributed by atoms with Gasteiger partial charge in [-0.3, -0.25) is 4.40 Å². The summed E-state index contributed by atoms with van der Waals surface area (Å²) >= 11 is 8.90. The van der Waals surface area contributed by atoms with E-state index < -0.39 is 0 Å². The van der Waals surface area contributed by atoms with Gasteiger partial charge in [0.15, 0.2) is 0 Å². The molecule has 0 aliphatic heterocycles. The summed E-state index contributed by atoms with van der Waals surface area (Å²) in [6, 6.07) is 14.7. The number of fused-ring (bicyclic) bond motifs is 1. The molecule has 25 heavy (non-hydrogen) atoms. The van der Waals surface area contributed by atoms with Crippen LogP contribution in [0.2, 0.25) is 0 Å². The quantitative estimate of drug-likeness (QED) is 0.405. The molecule has 4 rings (SSSR count). The van der Waals surface area contributed by atoms with Gasteiger partial charge in [0.25, 0.3) is 0 Å². The molecule has 0 unspecified atom stereocenters. The fourth-order valence-electron chi connectivity index (χ4n) is 3.09. The van der Waals surface area contributed by atoms with Crippen LogP contribution >= 0.6 is 28.1 Å². The van der Waals surface area contributed by atoms with Gasteiger partial charge in [-0.05, 0) is 54.9 Å². The number of nitrogens with zero attached hydrogens (tertiary/aromatic N) is 2. The zero-order valence-electron chi connectivity index (χ0n) is 13.9. The summed E-state index contributed by atoms with van der Waals surface area (Å²) in [4.78, 5) is 7.94. The monoisotopic (exact) mass is 409 g/mol. The van der Waals surface area contributed by atoms with E-state index in [1.165, 1.54) is 11.1 Å². The number of benzene rings is 2. The SMILES string of the molecule is Cc1ccc(-c2cnc(=S)n3cc(-c4ccc(Br)cc4)[nH]c23)c(C)c1. The molecule has 0 radical (unpaired) electrons. The maximum absolute atomic E-state index is 5.43. The van der Waals surface area contributed by atoms with Crippen molar-refractivity contribution >= 4 is 33.8 Å². The zero-order valence-corrected chi connectivity index (χ0v) is 16.3. The third-order valence-electron chi connectivity index (χ3n) is 4.34. The molecule has 0 fully saturated rings. The van der Waals surface area contributed by atoms with Crippen LogP contribution in [0.5, 0.6) is 0 Å². The predicted molar refractivity (Wildman–Crippen MR) is 108 cm³/mol. The van der Waals surface area contributed by atoms with Crippen LogP contribution in [-0.4, -0.2) is 14.4 Å². The van der Waals surface area contributed by atoms with E-state index in [-0.39, 0.29) is 0 Å². The first-order valence-corrected chi connectivity index (χ1v) is 9.17. The average molecular weight is 410 g/mol. The number of H-pyrrole nitrogens is 1. The molecule has 2 aromatic carbocycles. The van der Waals surface area contributed by atoms with E-state index in [1.54, 1.807) is 0 Å². The highest BCUT2D eigenvalue weighted by Gasteiger charge is 2.12. The standard InChI is InChI=1S/C20H16BrN3S/c1-12-3-8-16(13(2)9-12)17-10-22-20(25)24-11-18(23-19(17)24)14-4-6-15(21)7-5-14/h3-11,23H,1-2H3. The van der Waals surface area contributed by atoms with Crippen LogP contribution in [0.3, 0.4) is 0 Å². The van der Waals surface area contributed by atoms with Crippen molar-refractivity contribution < 1.29 is 0 Å². The summed E-state index contributed by atoms with van der Waals surface area (Å²) in [7, 11) is 0. The average Bonchev–Trinajstić information content (AvgIpc) is 3.03. The summed E-state index contributed by atoms with van der Waals surface area (Å²) < 4.78 is 3.55. The van der Waals surface area contributed by atoms with Crippen molar-refractivity contribution in [2.75, 3.05) is 0 Å². The Kier molecular flexibility index (Phi) is 4.06. The topological polar surface area (TPSA) is 33.1 Å². The van der Waals surface area contributed by atoms with Gasteiger partial charge in [0, 0.05) is 22.4 Å². The Morgan fingerprint density at radius 3 is 2.52 bits per heavy atom. The summed E-state index contributed by atoms with van der Waals surface area (Å²) in [5, 5.41) is 0. The number of hydrogen-bond acceptors (Lipinski definition) is 2. The Morgan fingerprint density at radius 2 is 1.80 bits per heavy atom. The molecule has 5 heteroatoms. The van der Waals surface area contributed by atoms with E-state index in [0.717, 1.165) is 32.5 Å². The molecule has 0 saturated heterocycles. The lowest BCUT2D eigenvalue weighted by Crippen LogP contribution is -1.94. The van der Waals surface area contributed by atoms with Gasteiger partial charge in [-0.1, -0.05) is 51.8 Å². The molecular formula is C20H16BrN3S. The number of halogens is 1. The number of rotatable bonds is 2. The van der Waals surface area contributed by atoms with Crippen molar-refractivity contribution in [3.63, 3.8) is 0 Å². The summed E-state index contributed by atoms with van der Waals surface area (Å²) in [5.74, 6) is 0. The molecule has 0 bridgehead atoms. The fourth-order valence-corrected chi connectivity index (χ4v) is 3.55. The maximum Gasteiger partial charge on any atom is 0.205 e. The van der Waals surface area contributed by atoms with Crippen molar-refractivity contribution in [2.24, 2.45) is 0 Å². The molecule has 0 aliphatic carbocycles. The van der Waals surface area contributed by atoms with Crippen molar-refractivity contribution in [3.8, 4) is 22.4 Å². The zero-order chi connectivity index (χ0) is 17.6. The Morgan fingerprint density at radius 1 is 1.04 bits per heavy atom. The normalized spacial score (nSPS) is 11.2. The Bertz CT molecular complexity index is 1140. The lowest BCUT2D eigenvalue weighted by Gasteiger charge is -2.08. The van der Waals surface area contributed by atoms with Crippen molar-refractivity contribution in [3.05, 3.63) is 75.2 Å². The second kappa shape index (κ2) is 6.24. The molecule has 2 aromatic heterocycles. The maximum atomic E-state index is 5.43. The van der Waals surface area contributed by atoms with E-state index in [4.69, 9.17) is 12.2 Å². The summed E-state index contributed by atoms with van der Waals surface area (Å²) in [5.41, 5.74) is 7.76. The minimum atomic E-state index is 0.545. The van der Waals surface area contributed by atoms with Crippen LogP contribution in [0.25, 0.3) is 28.0 Å². The lowest BCUT2D eigenvalue weighted by molar-refractivity contribution is 1.06. The van der Waals surface area contributed by atoms with Crippen LogP contribution in [0, 0.1) is 18.6 Å². The van der Waals surface area contributed by atoms with Crippen molar-refractivity contribution in [1.29, 1.82) is 0 Å². The van der Waals surface area contributed by atoms with Crippen molar-refractivity contribution in [2.45, 2.75) is 13.8 Å². The molecule has 0 saturated carbocycles. The van der Waals surface area contributed by atoms with Crippen LogP contribution in [0.15, 0.2) is 59.3 Å². The molecule has 0 atom stereocenters. The van der Waals surface area contributed by atoms with Crippen LogP contribution < -0.4 is 0 Å². The van der Waals surface area contributed by atoms with Gasteiger partial charge in [-0.2, -0.15) is 0 Å². The molecule has 2 heterocycles. The predicted octanol–water partition coefficient (Wildman–Crippen LogP) is 6.11. The minimum Gasteiger partial charge on any atom is -0.339 e. The Balaban J connectivity index is 1.96. The molecular weight excluding hydrogens is 394 g/mol. The Labute approximate surface area is 159 Å². The largest absolute Gasteiger partial charge is 0.339 e. The first kappa shape index (κ1) is 16.2. The fraction of sp³-hybridized carbons (Fsp3) is 0.100. The van der Waals surface area contributed by atoms with Gasteiger partial charge < -0.3 is 4.98 Å². The smallest absolute Gasteiger partial charge is 0.205 e. The molecule has 4 aromatic rings. The first-order valence-electron chi connectivity index (χ1n) is 7.97. The van der Waals surface area contributed by atoms with Gasteiger partial charge in [0.2, 0.25) is 4.77 Å². The third-order valence-corrected chi connectivity index (χ3v) is 5.18. The van der Waals surface area contributed by atoms with Crippen LogP contribution in [0.4, 0.5) is 0 Å². The minimum absolute atomic E-state index is 0.545. The number of imidazole rings is 1. The highest BCUT2D eigenvalue weighted by molar-refractivity contribution is 9.10. The molecule has 1 N–H and O–H groups in total. The Hall–Kier alpha value is -2.24. The first-order chi connectivity index (χ1) is 12.0.